The Hall–Kier alpha value is -6.44. The Morgan fingerprint density at radius 3 is 1.73 bits per heavy atom. The zero-order valence-corrected chi connectivity index (χ0v) is 49.9. The third-order valence-electron chi connectivity index (χ3n) is 8.83. The van der Waals surface area contributed by atoms with Crippen molar-refractivity contribution in [2.75, 3.05) is 101 Å². The summed E-state index contributed by atoms with van der Waals surface area (Å²) in [6.45, 7) is 25.7. The van der Waals surface area contributed by atoms with Crippen molar-refractivity contribution in [1.82, 2.24) is 42.5 Å². The smallest absolute Gasteiger partial charge is 0.300 e. The van der Waals surface area contributed by atoms with E-state index in [4.69, 9.17) is 29.5 Å². The molecular weight excluding hydrogens is 1010 g/mol. The quantitative estimate of drug-likeness (QED) is 0.0167. The van der Waals surface area contributed by atoms with Gasteiger partial charge in [-0.05, 0) is 131 Å². The fourth-order valence-corrected chi connectivity index (χ4v) is 4.69. The van der Waals surface area contributed by atoms with E-state index in [1.54, 1.807) is 40.3 Å². The Morgan fingerprint density at radius 1 is 0.769 bits per heavy atom. The van der Waals surface area contributed by atoms with E-state index in [9.17, 15) is 38.7 Å². The van der Waals surface area contributed by atoms with E-state index in [2.05, 4.69) is 86.2 Å². The van der Waals surface area contributed by atoms with Gasteiger partial charge in [0.2, 0.25) is 30.5 Å². The Kier molecular flexibility index (Phi) is 69.1. The molecule has 1 aromatic rings. The van der Waals surface area contributed by atoms with Crippen LogP contribution in [0.3, 0.4) is 0 Å². The summed E-state index contributed by atoms with van der Waals surface area (Å²) in [5.41, 5.74) is 7.73. The number of ether oxygens (including phenoxy) is 3. The molecule has 0 fully saturated rings. The minimum Gasteiger partial charge on any atom is -0.508 e. The Morgan fingerprint density at radius 2 is 1.33 bits per heavy atom. The van der Waals surface area contributed by atoms with Crippen LogP contribution in [0.4, 0.5) is 0 Å². The average Bonchev–Trinajstić information content (AvgIpc) is 3.38. The number of allylic oxidation sites excluding steroid dienone is 3. The predicted octanol–water partition coefficient (Wildman–Crippen LogP) is 2.62. The Balaban J connectivity index is -0.000000164. The second-order valence-corrected chi connectivity index (χ2v) is 17.3. The van der Waals surface area contributed by atoms with Gasteiger partial charge in [-0.1, -0.05) is 44.6 Å². The highest BCUT2D eigenvalue weighted by molar-refractivity contribution is 5.97. The molecule has 0 aromatic heterocycles. The number of amides is 5. The summed E-state index contributed by atoms with van der Waals surface area (Å²) in [5, 5.41) is 43.8. The van der Waals surface area contributed by atoms with Crippen LogP contribution in [-0.4, -0.2) is 190 Å². The number of rotatable bonds is 31. The van der Waals surface area contributed by atoms with Crippen LogP contribution in [0, 0.1) is 5.41 Å². The van der Waals surface area contributed by atoms with Crippen molar-refractivity contribution in [2.45, 2.75) is 126 Å². The Labute approximate surface area is 466 Å². The highest BCUT2D eigenvalue weighted by Crippen LogP contribution is 2.18. The lowest BCUT2D eigenvalue weighted by Gasteiger charge is -2.31. The molecular formula is C54H103N11O13. The normalized spacial score (nSPS) is 10.9. The zero-order valence-electron chi connectivity index (χ0n) is 49.9. The number of aromatic hydroxyl groups is 1. The van der Waals surface area contributed by atoms with Crippen LogP contribution >= 0.6 is 0 Å². The van der Waals surface area contributed by atoms with Crippen molar-refractivity contribution in [3.05, 3.63) is 53.1 Å². The molecule has 452 valence electrons. The number of nitrogens with two attached hydrogens (primary N) is 1. The van der Waals surface area contributed by atoms with Gasteiger partial charge in [-0.2, -0.15) is 0 Å². The van der Waals surface area contributed by atoms with Crippen LogP contribution < -0.4 is 48.3 Å². The van der Waals surface area contributed by atoms with Gasteiger partial charge < -0.3 is 82.3 Å². The highest BCUT2D eigenvalue weighted by Gasteiger charge is 2.25. The third kappa shape index (κ3) is 73.8. The first kappa shape index (κ1) is 85.5. The van der Waals surface area contributed by atoms with E-state index >= 15 is 0 Å². The van der Waals surface area contributed by atoms with Crippen LogP contribution in [0.5, 0.6) is 5.75 Å². The number of hydrogen-bond donors (Lipinski definition) is 12. The number of hydrogen-bond acceptors (Lipinski definition) is 17. The van der Waals surface area contributed by atoms with Crippen LogP contribution in [0.25, 0.3) is 0 Å². The number of carbonyl (C=O) groups is 8. The van der Waals surface area contributed by atoms with Crippen molar-refractivity contribution < 1.29 is 62.8 Å². The molecule has 1 unspecified atom stereocenters. The molecule has 24 heteroatoms. The fourth-order valence-electron chi connectivity index (χ4n) is 4.69. The van der Waals surface area contributed by atoms with Gasteiger partial charge >= 0.3 is 0 Å². The van der Waals surface area contributed by atoms with Gasteiger partial charge in [0.15, 0.2) is 0 Å². The molecule has 1 aromatic carbocycles. The molecule has 0 spiro atoms. The van der Waals surface area contributed by atoms with E-state index in [1.165, 1.54) is 42.5 Å². The Bertz CT molecular complexity index is 1740. The number of methoxy groups -OCH3 is 1. The number of nitrogens with one attached hydrogen (secondary N) is 9. The second-order valence-electron chi connectivity index (χ2n) is 17.3. The van der Waals surface area contributed by atoms with Gasteiger partial charge in [0.25, 0.3) is 5.97 Å². The van der Waals surface area contributed by atoms with Crippen LogP contribution in [0.15, 0.2) is 52.6 Å². The van der Waals surface area contributed by atoms with Gasteiger partial charge in [-0.3, -0.25) is 39.2 Å². The lowest BCUT2D eigenvalue weighted by Crippen LogP contribution is -2.51. The third-order valence-corrected chi connectivity index (χ3v) is 8.83. The minimum atomic E-state index is -0.833. The van der Waals surface area contributed by atoms with Gasteiger partial charge in [-0.15, -0.1) is 0 Å². The topological polar surface area (TPSA) is 363 Å². The predicted molar refractivity (Wildman–Crippen MR) is 312 cm³/mol. The number of phenolic OH excluding ortho intramolecular Hbond substituents is 1. The van der Waals surface area contributed by atoms with Gasteiger partial charge in [0, 0.05) is 52.7 Å². The number of carboxylic acids is 1. The van der Waals surface area contributed by atoms with E-state index in [-0.39, 0.29) is 43.6 Å². The number of aliphatic imine (C=N–C) groups is 1. The average molecular weight is 1110 g/mol. The van der Waals surface area contributed by atoms with Crippen LogP contribution in [-0.2, 0) is 59.0 Å². The van der Waals surface area contributed by atoms with E-state index in [0.717, 1.165) is 43.9 Å². The summed E-state index contributed by atoms with van der Waals surface area (Å²) in [4.78, 5) is 87.7. The monoisotopic (exact) mass is 1110 g/mol. The lowest BCUT2D eigenvalue weighted by atomic mass is 10.0. The van der Waals surface area contributed by atoms with E-state index < -0.39 is 29.1 Å². The first-order chi connectivity index (χ1) is 36.8. The fraction of sp³-hybridized carbons (Fsp3) is 0.630. The van der Waals surface area contributed by atoms with Gasteiger partial charge in [0.05, 0.1) is 57.0 Å². The molecule has 0 saturated carbocycles. The number of phenols is 1. The van der Waals surface area contributed by atoms with Crippen molar-refractivity contribution in [3.63, 3.8) is 0 Å². The molecule has 0 aliphatic rings. The number of nitrogens with zero attached hydrogens (tertiary/aromatic N) is 1. The lowest BCUT2D eigenvalue weighted by molar-refractivity contribution is -0.134. The summed E-state index contributed by atoms with van der Waals surface area (Å²) in [6, 6.07) is 5.54. The van der Waals surface area contributed by atoms with Crippen molar-refractivity contribution in [3.8, 4) is 5.75 Å². The number of aldehydes is 2. The van der Waals surface area contributed by atoms with Crippen molar-refractivity contribution in [2.24, 2.45) is 10.7 Å². The van der Waals surface area contributed by atoms with Crippen molar-refractivity contribution in [1.29, 1.82) is 5.41 Å². The minimum absolute atomic E-state index is 0.0790. The maximum atomic E-state index is 12.3. The van der Waals surface area contributed by atoms with E-state index in [0.29, 0.717) is 58.4 Å². The number of benzene rings is 1. The maximum Gasteiger partial charge on any atom is 0.300 e. The molecule has 0 radical (unpaired) electrons. The number of carboxylic acid groups (broad SMARTS) is 1. The van der Waals surface area contributed by atoms with Gasteiger partial charge in [-0.25, -0.2) is 0 Å². The van der Waals surface area contributed by atoms with E-state index in [1.807, 2.05) is 55.6 Å². The molecule has 78 heavy (non-hydrogen) atoms. The molecule has 0 aliphatic heterocycles. The highest BCUT2D eigenvalue weighted by atomic mass is 16.6. The van der Waals surface area contributed by atoms with Crippen LogP contribution in [0.1, 0.15) is 107 Å². The molecule has 0 bridgehead atoms. The molecule has 24 nitrogen and oxygen atoms in total. The first-order valence-electron chi connectivity index (χ1n) is 25.5. The molecule has 5 amide bonds. The molecule has 0 aliphatic carbocycles. The summed E-state index contributed by atoms with van der Waals surface area (Å²) in [6.07, 6.45) is 11.9. The summed E-state index contributed by atoms with van der Waals surface area (Å²) >= 11 is 0. The van der Waals surface area contributed by atoms with Crippen molar-refractivity contribution >= 4 is 61.1 Å². The molecule has 0 heterocycles. The van der Waals surface area contributed by atoms with Crippen LogP contribution in [0.2, 0.25) is 0 Å². The largest absolute Gasteiger partial charge is 0.508 e. The molecule has 13 N–H and O–H groups in total. The number of unbranched alkanes of at least 4 members (excludes halogenated alkanes) is 1. The SMILES string of the molecule is CC(=O)O.CC(C)(CC=O)OCC(C)(C)OCCNC=O.CCCCNC.CCCNC.CCNC(=O)CNC(=O)C(Cc1ccc(O)cc1)NC(=O)CNC.CN=C(C)/C(C)=C/C=C(\C)COC.N=CN.O=CCNC=O. The number of likely N-dealkylation sites (N-methyl/N-ethyl adjacent to an activating group) is 2. The first-order valence-corrected chi connectivity index (χ1v) is 25.5. The van der Waals surface area contributed by atoms with Gasteiger partial charge in [0.1, 0.15) is 24.4 Å². The number of carbonyl (C=O) groups excluding carboxylic acids is 7. The molecule has 0 saturated heterocycles. The molecule has 1 rings (SSSR count). The molecule has 1 atom stereocenters. The summed E-state index contributed by atoms with van der Waals surface area (Å²) < 4.78 is 16.2. The summed E-state index contributed by atoms with van der Waals surface area (Å²) in [7, 11) is 9.08. The zero-order chi connectivity index (χ0) is 61.6. The second kappa shape index (κ2) is 63.1. The standard InChI is InChI=1S/C16H24N4O4.C12H23NO4.C11H19NO.C5H13N.C4H11N.C3H5NO2.C2H4O2.CH4N2/c1-3-18-14(22)10-19-16(24)13(20-15(23)9-17-2)8-11-4-6-12(21)7-5-11;1-11(2,5-7-14)17-9-12(3,4)16-8-6-13-10-15;1-9(8-13-5)6-7-10(2)11(3)12-4;1-3-4-5-6-2;1-3-4-5-2;5-2-1-4-3-6;1-2(3)4;2-1-3/h4-7,13,17,21H,3,8-10H2,1-2H3,(H,18,22)(H,19,24)(H,20,23);7,10H,5-6,8-9H2,1-4H3,(H,13,15);6-7H,8H2,1-5H3;6H,3-5H2,1-2H3;5H,3-4H2,1-2H3;2-3H,1H2,(H,4,6);1H3,(H,3,4);1H,(H3,2,3)/b;;9-6+,10-7+,12-11?;;;;;. The number of aliphatic carboxylic acids is 1. The summed E-state index contributed by atoms with van der Waals surface area (Å²) in [5.74, 6) is -1.78. The maximum absolute atomic E-state index is 12.3.